The molecule has 1 saturated carbocycles. The average molecular weight is 394 g/mol. The van der Waals surface area contributed by atoms with Crippen LogP contribution < -0.4 is 0 Å². The van der Waals surface area contributed by atoms with Gasteiger partial charge in [-0.3, -0.25) is 0 Å². The number of nitriles is 2. The molecule has 4 heteroatoms. The highest BCUT2D eigenvalue weighted by Gasteiger charge is 2.66. The Morgan fingerprint density at radius 3 is 2.28 bits per heavy atom. The number of benzene rings is 3. The Kier molecular flexibility index (Phi) is 4.03. The second-order valence-corrected chi connectivity index (χ2v) is 9.00. The zero-order chi connectivity index (χ0) is 20.1. The molecule has 5 rings (SSSR count). The van der Waals surface area contributed by atoms with Crippen LogP contribution in [0.2, 0.25) is 0 Å². The molecule has 1 heterocycles. The zero-order valence-corrected chi connectivity index (χ0v) is 16.5. The van der Waals surface area contributed by atoms with Crippen molar-refractivity contribution in [3.8, 4) is 12.1 Å². The first-order valence-corrected chi connectivity index (χ1v) is 10.5. The summed E-state index contributed by atoms with van der Waals surface area (Å²) < 4.78 is -0.598. The lowest BCUT2D eigenvalue weighted by Gasteiger charge is -2.41. The molecule has 140 valence electrons. The third kappa shape index (κ3) is 2.40. The maximum absolute atomic E-state index is 12.1. The van der Waals surface area contributed by atoms with Crippen LogP contribution in [-0.4, -0.2) is 5.11 Å². The Morgan fingerprint density at radius 2 is 1.59 bits per heavy atom. The summed E-state index contributed by atoms with van der Waals surface area (Å²) in [6.07, 6.45) is 1.52. The lowest BCUT2D eigenvalue weighted by molar-refractivity contribution is 0.0125. The van der Waals surface area contributed by atoms with E-state index in [1.807, 2.05) is 54.6 Å². The van der Waals surface area contributed by atoms with Crippen LogP contribution in [0.4, 0.5) is 0 Å². The van der Waals surface area contributed by atoms with Crippen molar-refractivity contribution in [2.45, 2.75) is 34.0 Å². The van der Waals surface area contributed by atoms with E-state index in [1.165, 1.54) is 5.56 Å². The Balaban J connectivity index is 1.76. The highest BCUT2D eigenvalue weighted by molar-refractivity contribution is 8.00. The molecule has 1 aliphatic carbocycles. The van der Waals surface area contributed by atoms with Crippen molar-refractivity contribution in [3.63, 3.8) is 0 Å². The summed E-state index contributed by atoms with van der Waals surface area (Å²) in [7, 11) is 0. The van der Waals surface area contributed by atoms with Gasteiger partial charge in [0.1, 0.15) is 5.60 Å². The summed E-state index contributed by atoms with van der Waals surface area (Å²) in [5.41, 5.74) is 3.31. The fourth-order valence-electron chi connectivity index (χ4n) is 5.09. The lowest BCUT2D eigenvalue weighted by Crippen LogP contribution is -2.42. The molecule has 3 nitrogen and oxygen atoms in total. The number of rotatable bonds is 2. The predicted molar refractivity (Wildman–Crippen MR) is 112 cm³/mol. The summed E-state index contributed by atoms with van der Waals surface area (Å²) in [5, 5.41) is 30.7. The largest absolute Gasteiger partial charge is 0.383 e. The quantitative estimate of drug-likeness (QED) is 0.649. The van der Waals surface area contributed by atoms with Crippen LogP contribution in [0.5, 0.6) is 0 Å². The van der Waals surface area contributed by atoms with Gasteiger partial charge in [0.25, 0.3) is 0 Å². The smallest absolute Gasteiger partial charge is 0.110 e. The number of hydrogen-bond donors (Lipinski definition) is 1. The molecular formula is C25H18N2OS. The van der Waals surface area contributed by atoms with E-state index in [0.29, 0.717) is 17.5 Å². The van der Waals surface area contributed by atoms with Crippen LogP contribution in [0.1, 0.15) is 46.6 Å². The summed E-state index contributed by atoms with van der Waals surface area (Å²) >= 11 is 1.67. The van der Waals surface area contributed by atoms with Gasteiger partial charge in [-0.1, -0.05) is 48.5 Å². The van der Waals surface area contributed by atoms with Gasteiger partial charge in [-0.15, -0.1) is 11.8 Å². The van der Waals surface area contributed by atoms with E-state index >= 15 is 0 Å². The second kappa shape index (κ2) is 6.49. The normalized spacial score (nSPS) is 26.9. The molecule has 3 unspecified atom stereocenters. The van der Waals surface area contributed by atoms with Crippen LogP contribution in [-0.2, 0) is 10.3 Å². The van der Waals surface area contributed by atoms with Gasteiger partial charge in [0.15, 0.2) is 0 Å². The van der Waals surface area contributed by atoms with E-state index in [4.69, 9.17) is 0 Å². The van der Waals surface area contributed by atoms with E-state index in [9.17, 15) is 15.6 Å². The number of thioether (sulfide) groups is 1. The molecular weight excluding hydrogens is 376 g/mol. The first kappa shape index (κ1) is 18.0. The van der Waals surface area contributed by atoms with Gasteiger partial charge in [-0.25, -0.2) is 0 Å². The van der Waals surface area contributed by atoms with Gasteiger partial charge < -0.3 is 5.11 Å². The monoisotopic (exact) mass is 394 g/mol. The molecule has 3 atom stereocenters. The van der Waals surface area contributed by atoms with E-state index in [-0.39, 0.29) is 5.92 Å². The molecule has 2 aliphatic rings. The Morgan fingerprint density at radius 1 is 0.897 bits per heavy atom. The van der Waals surface area contributed by atoms with Crippen LogP contribution in [0, 0.1) is 22.7 Å². The number of hydrogen-bond acceptors (Lipinski definition) is 4. The lowest BCUT2D eigenvalue weighted by atomic mass is 9.74. The van der Waals surface area contributed by atoms with Crippen LogP contribution >= 0.6 is 11.8 Å². The van der Waals surface area contributed by atoms with Gasteiger partial charge >= 0.3 is 0 Å². The molecule has 0 aromatic heterocycles. The minimum atomic E-state index is -1.03. The summed E-state index contributed by atoms with van der Waals surface area (Å²) in [5.74, 6) is 0.115. The van der Waals surface area contributed by atoms with E-state index in [2.05, 4.69) is 24.3 Å². The molecule has 1 fully saturated rings. The van der Waals surface area contributed by atoms with Crippen molar-refractivity contribution in [2.75, 3.05) is 0 Å². The number of aliphatic hydroxyl groups is 1. The van der Waals surface area contributed by atoms with Gasteiger partial charge in [0.05, 0.1) is 28.0 Å². The van der Waals surface area contributed by atoms with E-state index in [0.717, 1.165) is 22.4 Å². The topological polar surface area (TPSA) is 67.8 Å². The fraction of sp³-hybridized carbons (Fsp3) is 0.200. The molecule has 0 bridgehead atoms. The zero-order valence-electron chi connectivity index (χ0n) is 15.7. The first-order valence-electron chi connectivity index (χ1n) is 9.64. The van der Waals surface area contributed by atoms with Gasteiger partial charge in [-0.2, -0.15) is 10.5 Å². The molecule has 0 spiro atoms. The molecule has 0 saturated heterocycles. The van der Waals surface area contributed by atoms with E-state index in [1.54, 1.807) is 17.8 Å². The van der Waals surface area contributed by atoms with Crippen LogP contribution in [0.25, 0.3) is 0 Å². The Labute approximate surface area is 174 Å². The summed E-state index contributed by atoms with van der Waals surface area (Å²) in [6.45, 7) is 0. The fourth-order valence-corrected chi connectivity index (χ4v) is 7.00. The standard InChI is InChI=1S/C25H18N2OS/c26-15-17-6-9-20(10-7-17)25-21(19-4-2-1-3-5-19)12-13-24(25,28)22-11-8-18(16-27)14-23(22)29-25/h1-11,14,21,28H,12-13H2. The second-order valence-electron chi connectivity index (χ2n) is 7.71. The minimum absolute atomic E-state index is 0.115. The molecule has 3 aromatic carbocycles. The molecule has 0 amide bonds. The highest BCUT2D eigenvalue weighted by Crippen LogP contribution is 2.72. The number of nitrogens with zero attached hydrogens (tertiary/aromatic N) is 2. The third-order valence-corrected chi connectivity index (χ3v) is 8.11. The average Bonchev–Trinajstić information content (AvgIpc) is 3.21. The molecule has 29 heavy (non-hydrogen) atoms. The molecule has 0 radical (unpaired) electrons. The van der Waals surface area contributed by atoms with Crippen molar-refractivity contribution in [2.24, 2.45) is 0 Å². The third-order valence-electron chi connectivity index (χ3n) is 6.37. The van der Waals surface area contributed by atoms with Gasteiger partial charge in [0.2, 0.25) is 0 Å². The number of fused-ring (bicyclic) bond motifs is 3. The summed E-state index contributed by atoms with van der Waals surface area (Å²) in [6, 6.07) is 28.0. The predicted octanol–water partition coefficient (Wildman–Crippen LogP) is 5.20. The van der Waals surface area contributed by atoms with Crippen molar-refractivity contribution >= 4 is 11.8 Å². The van der Waals surface area contributed by atoms with Crippen molar-refractivity contribution in [1.29, 1.82) is 10.5 Å². The molecule has 1 N–H and O–H groups in total. The summed E-state index contributed by atoms with van der Waals surface area (Å²) in [4.78, 5) is 0.969. The Hall–Kier alpha value is -3.05. The Bertz CT molecular complexity index is 1180. The molecule has 3 aromatic rings. The minimum Gasteiger partial charge on any atom is -0.383 e. The first-order chi connectivity index (χ1) is 14.1. The van der Waals surface area contributed by atoms with E-state index < -0.39 is 10.3 Å². The highest BCUT2D eigenvalue weighted by atomic mass is 32.2. The SMILES string of the molecule is N#Cc1ccc(C23Sc4cc(C#N)ccc4C2(O)CCC3c2ccccc2)cc1. The maximum Gasteiger partial charge on any atom is 0.110 e. The van der Waals surface area contributed by atoms with Gasteiger partial charge in [0, 0.05) is 10.8 Å². The molecule has 1 aliphatic heterocycles. The van der Waals surface area contributed by atoms with Crippen molar-refractivity contribution in [1.82, 2.24) is 0 Å². The van der Waals surface area contributed by atoms with Crippen molar-refractivity contribution < 1.29 is 5.11 Å². The maximum atomic E-state index is 12.1. The van der Waals surface area contributed by atoms with Crippen molar-refractivity contribution in [3.05, 3.63) is 101 Å². The van der Waals surface area contributed by atoms with Crippen LogP contribution in [0.3, 0.4) is 0 Å². The van der Waals surface area contributed by atoms with Gasteiger partial charge in [-0.05, 0) is 53.8 Å². The van der Waals surface area contributed by atoms with Crippen LogP contribution in [0.15, 0.2) is 77.7 Å².